The van der Waals surface area contributed by atoms with Crippen LogP contribution in [0.25, 0.3) is 10.2 Å². The van der Waals surface area contributed by atoms with Crippen molar-refractivity contribution in [1.29, 1.82) is 0 Å². The second kappa shape index (κ2) is 9.79. The van der Waals surface area contributed by atoms with Crippen LogP contribution in [-0.2, 0) is 12.8 Å². The smallest absolute Gasteiger partial charge is 0.261 e. The minimum absolute atomic E-state index is 0.0174. The number of hydrogen-bond donors (Lipinski definition) is 1. The number of amides is 1. The molecule has 1 aromatic carbocycles. The number of nitrogens with one attached hydrogen (secondary N) is 1. The van der Waals surface area contributed by atoms with Crippen molar-refractivity contribution < 1.29 is 4.79 Å². The highest BCUT2D eigenvalue weighted by molar-refractivity contribution is 7.20. The fourth-order valence-electron chi connectivity index (χ4n) is 5.53. The van der Waals surface area contributed by atoms with Crippen LogP contribution in [0.5, 0.6) is 0 Å². The van der Waals surface area contributed by atoms with Crippen molar-refractivity contribution in [2.75, 3.05) is 19.6 Å². The molecular formula is C29H37N3OS. The monoisotopic (exact) mass is 475 g/mol. The van der Waals surface area contributed by atoms with Crippen molar-refractivity contribution in [3.8, 4) is 0 Å². The number of pyridine rings is 1. The molecule has 0 radical (unpaired) electrons. The summed E-state index contributed by atoms with van der Waals surface area (Å²) >= 11 is 1.53. The van der Waals surface area contributed by atoms with Crippen LogP contribution in [0.2, 0.25) is 0 Å². The average Bonchev–Trinajstić information content (AvgIpc) is 3.49. The molecule has 1 aliphatic heterocycles. The van der Waals surface area contributed by atoms with Gasteiger partial charge in [-0.1, -0.05) is 51.1 Å². The zero-order valence-corrected chi connectivity index (χ0v) is 21.6. The second-order valence-electron chi connectivity index (χ2n) is 11.2. The summed E-state index contributed by atoms with van der Waals surface area (Å²) in [5.74, 6) is 0.701. The van der Waals surface area contributed by atoms with Gasteiger partial charge in [0, 0.05) is 17.6 Å². The predicted octanol–water partition coefficient (Wildman–Crippen LogP) is 6.40. The number of carbonyl (C=O) groups is 1. The number of nitrogens with zero attached hydrogens (tertiary/aromatic N) is 2. The van der Waals surface area contributed by atoms with Gasteiger partial charge in [0.1, 0.15) is 4.83 Å². The Bertz CT molecular complexity index is 1140. The summed E-state index contributed by atoms with van der Waals surface area (Å²) in [6, 6.07) is 14.8. The normalized spacial score (nSPS) is 19.8. The zero-order chi connectivity index (χ0) is 23.7. The Kier molecular flexibility index (Phi) is 6.76. The Hall–Kier alpha value is -2.24. The van der Waals surface area contributed by atoms with Crippen LogP contribution in [0.1, 0.15) is 79.0 Å². The van der Waals surface area contributed by atoms with E-state index >= 15 is 0 Å². The SMILES string of the molecule is CC(C)(C)[C@H]1CCc2nc3sc(C(=O)NC(CCN4CCCC4)c4ccccc4)cc3cc2C1. The third kappa shape index (κ3) is 5.21. The van der Waals surface area contributed by atoms with Crippen LogP contribution in [-0.4, -0.2) is 35.4 Å². The number of hydrogen-bond acceptors (Lipinski definition) is 4. The molecule has 4 nitrogen and oxygen atoms in total. The fourth-order valence-corrected chi connectivity index (χ4v) is 6.47. The lowest BCUT2D eigenvalue weighted by atomic mass is 9.71. The minimum Gasteiger partial charge on any atom is -0.344 e. The van der Waals surface area contributed by atoms with Crippen LogP contribution >= 0.6 is 11.3 Å². The van der Waals surface area contributed by atoms with E-state index in [9.17, 15) is 4.79 Å². The van der Waals surface area contributed by atoms with Gasteiger partial charge in [-0.3, -0.25) is 4.79 Å². The summed E-state index contributed by atoms with van der Waals surface area (Å²) in [7, 11) is 0. The van der Waals surface area contributed by atoms with E-state index in [4.69, 9.17) is 4.98 Å². The molecule has 2 aromatic heterocycles. The molecule has 1 aliphatic carbocycles. The highest BCUT2D eigenvalue weighted by atomic mass is 32.1. The maximum absolute atomic E-state index is 13.4. The van der Waals surface area contributed by atoms with E-state index in [1.54, 1.807) is 0 Å². The van der Waals surface area contributed by atoms with Crippen LogP contribution in [0, 0.1) is 11.3 Å². The Labute approximate surface area is 207 Å². The van der Waals surface area contributed by atoms with Gasteiger partial charge in [-0.05, 0) is 86.2 Å². The van der Waals surface area contributed by atoms with Crippen molar-refractivity contribution in [2.24, 2.45) is 11.3 Å². The van der Waals surface area contributed by atoms with Gasteiger partial charge in [0.05, 0.1) is 10.9 Å². The molecule has 2 atom stereocenters. The lowest BCUT2D eigenvalue weighted by Gasteiger charge is -2.34. The van der Waals surface area contributed by atoms with Gasteiger partial charge in [0.2, 0.25) is 0 Å². The number of fused-ring (bicyclic) bond motifs is 2. The van der Waals surface area contributed by atoms with Gasteiger partial charge < -0.3 is 10.2 Å². The van der Waals surface area contributed by atoms with Gasteiger partial charge in [-0.2, -0.15) is 0 Å². The van der Waals surface area contributed by atoms with Crippen molar-refractivity contribution in [3.05, 3.63) is 64.2 Å². The van der Waals surface area contributed by atoms with Crippen LogP contribution in [0.15, 0.2) is 42.5 Å². The van der Waals surface area contributed by atoms with Gasteiger partial charge >= 0.3 is 0 Å². The van der Waals surface area contributed by atoms with Crippen LogP contribution in [0.3, 0.4) is 0 Å². The summed E-state index contributed by atoms with van der Waals surface area (Å²) < 4.78 is 0. The van der Waals surface area contributed by atoms with E-state index < -0.39 is 0 Å². The summed E-state index contributed by atoms with van der Waals surface area (Å²) in [5, 5.41) is 4.46. The fraction of sp³-hybridized carbons (Fsp3) is 0.517. The zero-order valence-electron chi connectivity index (χ0n) is 20.8. The number of carbonyl (C=O) groups excluding carboxylic acids is 1. The quantitative estimate of drug-likeness (QED) is 0.448. The lowest BCUT2D eigenvalue weighted by Crippen LogP contribution is -2.31. The van der Waals surface area contributed by atoms with E-state index in [0.29, 0.717) is 11.3 Å². The standard InChI is InChI=1S/C29H37N3OS/c1-29(2,3)23-11-12-24-21(18-23)17-22-19-26(34-28(22)31-24)27(33)30-25(20-9-5-4-6-10-20)13-16-32-14-7-8-15-32/h4-6,9-10,17,19,23,25H,7-8,11-16,18H2,1-3H3,(H,30,33)/t23-,25?/m0/s1. The summed E-state index contributed by atoms with van der Waals surface area (Å²) in [5.41, 5.74) is 4.09. The molecule has 1 amide bonds. The van der Waals surface area contributed by atoms with Crippen LogP contribution in [0.4, 0.5) is 0 Å². The molecule has 0 spiro atoms. The first-order chi connectivity index (χ1) is 16.4. The Balaban J connectivity index is 1.34. The first-order valence-electron chi connectivity index (χ1n) is 12.9. The van der Waals surface area contributed by atoms with Crippen molar-refractivity contribution in [3.63, 3.8) is 0 Å². The third-order valence-electron chi connectivity index (χ3n) is 7.76. The summed E-state index contributed by atoms with van der Waals surface area (Å²) in [6.07, 6.45) is 6.84. The number of likely N-dealkylation sites (tertiary alicyclic amines) is 1. The molecule has 1 saturated heterocycles. The maximum atomic E-state index is 13.4. The first kappa shape index (κ1) is 23.5. The Morgan fingerprint density at radius 1 is 1.18 bits per heavy atom. The van der Waals surface area contributed by atoms with Crippen molar-refractivity contribution in [2.45, 2.75) is 65.3 Å². The molecule has 5 heteroatoms. The highest BCUT2D eigenvalue weighted by Crippen LogP contribution is 2.38. The molecule has 2 aliphatic rings. The first-order valence-corrected chi connectivity index (χ1v) is 13.7. The van der Waals surface area contributed by atoms with Gasteiger partial charge in [-0.15, -0.1) is 11.3 Å². The highest BCUT2D eigenvalue weighted by Gasteiger charge is 2.30. The van der Waals surface area contributed by atoms with E-state index in [2.05, 4.69) is 61.3 Å². The van der Waals surface area contributed by atoms with Gasteiger partial charge in [0.15, 0.2) is 0 Å². The molecule has 180 valence electrons. The van der Waals surface area contributed by atoms with E-state index in [1.165, 1.54) is 60.5 Å². The van der Waals surface area contributed by atoms with E-state index in [0.717, 1.165) is 40.9 Å². The molecule has 3 heterocycles. The number of benzene rings is 1. The number of rotatable bonds is 6. The molecular weight excluding hydrogens is 438 g/mol. The van der Waals surface area contributed by atoms with Gasteiger partial charge in [-0.25, -0.2) is 4.98 Å². The third-order valence-corrected chi connectivity index (χ3v) is 8.80. The largest absolute Gasteiger partial charge is 0.344 e. The maximum Gasteiger partial charge on any atom is 0.261 e. The Morgan fingerprint density at radius 3 is 2.68 bits per heavy atom. The number of aromatic nitrogens is 1. The van der Waals surface area contributed by atoms with Gasteiger partial charge in [0.25, 0.3) is 5.91 Å². The molecule has 1 fully saturated rings. The molecule has 1 N–H and O–H groups in total. The van der Waals surface area contributed by atoms with Crippen LogP contribution < -0.4 is 5.32 Å². The second-order valence-corrected chi connectivity index (χ2v) is 12.2. The van der Waals surface area contributed by atoms with Crippen molar-refractivity contribution >= 4 is 27.5 Å². The topological polar surface area (TPSA) is 45.2 Å². The van der Waals surface area contributed by atoms with E-state index in [-0.39, 0.29) is 11.9 Å². The molecule has 1 unspecified atom stereocenters. The molecule has 3 aromatic rings. The summed E-state index contributed by atoms with van der Waals surface area (Å²) in [4.78, 5) is 22.6. The average molecular weight is 476 g/mol. The predicted molar refractivity (Wildman–Crippen MR) is 142 cm³/mol. The number of aryl methyl sites for hydroxylation is 1. The molecule has 0 bridgehead atoms. The summed E-state index contributed by atoms with van der Waals surface area (Å²) in [6.45, 7) is 10.4. The lowest BCUT2D eigenvalue weighted by molar-refractivity contribution is 0.0936. The number of thiophene rings is 1. The molecule has 0 saturated carbocycles. The molecule has 5 rings (SSSR count). The minimum atomic E-state index is 0.0174. The molecule has 34 heavy (non-hydrogen) atoms. The Morgan fingerprint density at radius 2 is 1.94 bits per heavy atom. The van der Waals surface area contributed by atoms with Crippen molar-refractivity contribution in [1.82, 2.24) is 15.2 Å². The van der Waals surface area contributed by atoms with E-state index in [1.807, 2.05) is 12.1 Å².